The minimum Gasteiger partial charge on any atom is -0.299 e. The molecule has 0 radical (unpaired) electrons. The zero-order valence-electron chi connectivity index (χ0n) is 17.3. The van der Waals surface area contributed by atoms with Gasteiger partial charge < -0.3 is 0 Å². The van der Waals surface area contributed by atoms with Crippen molar-refractivity contribution in [3.63, 3.8) is 0 Å². The molecule has 1 heterocycles. The lowest BCUT2D eigenvalue weighted by molar-refractivity contribution is -0.110. The molecule has 2 bridgehead atoms. The zero-order valence-corrected chi connectivity index (χ0v) is 18.1. The molecule has 0 saturated carbocycles. The molecular weight excluding hydrogens is 362 g/mol. The normalized spacial score (nSPS) is 26.7. The second-order valence-electron chi connectivity index (χ2n) is 8.65. The van der Waals surface area contributed by atoms with Crippen molar-refractivity contribution in [2.24, 2.45) is 5.92 Å². The summed E-state index contributed by atoms with van der Waals surface area (Å²) in [6, 6.07) is 18.2. The lowest BCUT2D eigenvalue weighted by Crippen LogP contribution is -2.58. The quantitative estimate of drug-likeness (QED) is 0.627. The summed E-state index contributed by atoms with van der Waals surface area (Å²) in [6.07, 6.45) is 4.05. The van der Waals surface area contributed by atoms with Crippen molar-refractivity contribution in [2.75, 3.05) is 13.1 Å². The highest BCUT2D eigenvalue weighted by Crippen LogP contribution is 2.49. The van der Waals surface area contributed by atoms with Crippen molar-refractivity contribution in [3.05, 3.63) is 65.2 Å². The number of hydrogen-bond acceptors (Lipinski definition) is 3. The van der Waals surface area contributed by atoms with Gasteiger partial charge in [-0.15, -0.1) is 0 Å². The molecule has 3 heteroatoms. The van der Waals surface area contributed by atoms with Crippen LogP contribution in [-0.2, 0) is 23.1 Å². The Morgan fingerprint density at radius 3 is 2.75 bits per heavy atom. The highest BCUT2D eigenvalue weighted by molar-refractivity contribution is 8.13. The van der Waals surface area contributed by atoms with Gasteiger partial charge in [-0.3, -0.25) is 9.69 Å². The van der Waals surface area contributed by atoms with E-state index in [0.29, 0.717) is 18.4 Å². The second kappa shape index (κ2) is 8.04. The fourth-order valence-corrected chi connectivity index (χ4v) is 5.87. The molecule has 148 valence electrons. The first-order chi connectivity index (χ1) is 13.5. The summed E-state index contributed by atoms with van der Waals surface area (Å²) < 4.78 is 0. The summed E-state index contributed by atoms with van der Waals surface area (Å²) in [7, 11) is 0. The zero-order chi connectivity index (χ0) is 19.7. The second-order valence-corrected chi connectivity index (χ2v) is 9.78. The Kier molecular flexibility index (Phi) is 5.66. The van der Waals surface area contributed by atoms with Gasteiger partial charge in [-0.25, -0.2) is 0 Å². The molecule has 0 spiro atoms. The Labute approximate surface area is 173 Å². The predicted molar refractivity (Wildman–Crippen MR) is 118 cm³/mol. The van der Waals surface area contributed by atoms with Crippen LogP contribution >= 0.6 is 11.8 Å². The first-order valence-electron chi connectivity index (χ1n) is 10.6. The summed E-state index contributed by atoms with van der Waals surface area (Å²) in [5.41, 5.74) is 4.63. The Balaban J connectivity index is 1.55. The Morgan fingerprint density at radius 2 is 2.00 bits per heavy atom. The van der Waals surface area contributed by atoms with E-state index in [1.54, 1.807) is 0 Å². The lowest BCUT2D eigenvalue weighted by atomic mass is 9.59. The van der Waals surface area contributed by atoms with Crippen molar-refractivity contribution in [1.29, 1.82) is 0 Å². The third-order valence-electron chi connectivity index (χ3n) is 7.15. The summed E-state index contributed by atoms with van der Waals surface area (Å²) in [6.45, 7) is 9.14. The van der Waals surface area contributed by atoms with Crippen LogP contribution in [0.1, 0.15) is 50.3 Å². The van der Waals surface area contributed by atoms with E-state index in [4.69, 9.17) is 0 Å². The molecule has 1 fully saturated rings. The van der Waals surface area contributed by atoms with Gasteiger partial charge >= 0.3 is 0 Å². The number of likely N-dealkylation sites (tertiary alicyclic amines) is 1. The van der Waals surface area contributed by atoms with Crippen LogP contribution in [0.3, 0.4) is 0 Å². The first-order valence-corrected chi connectivity index (χ1v) is 11.4. The van der Waals surface area contributed by atoms with Crippen LogP contribution in [0.15, 0.2) is 53.4 Å². The minimum atomic E-state index is 0.216. The van der Waals surface area contributed by atoms with E-state index >= 15 is 0 Å². The number of carbonyl (C=O) groups excluding carboxylic acids is 1. The maximum atomic E-state index is 11.9. The van der Waals surface area contributed by atoms with Gasteiger partial charge in [0.2, 0.25) is 0 Å². The summed E-state index contributed by atoms with van der Waals surface area (Å²) in [4.78, 5) is 15.7. The van der Waals surface area contributed by atoms with E-state index in [1.165, 1.54) is 41.4 Å². The number of benzene rings is 2. The van der Waals surface area contributed by atoms with Crippen molar-refractivity contribution >= 4 is 16.9 Å². The molecule has 2 aromatic rings. The number of piperidine rings is 1. The monoisotopic (exact) mass is 393 g/mol. The highest BCUT2D eigenvalue weighted by Gasteiger charge is 2.48. The molecule has 2 aromatic carbocycles. The topological polar surface area (TPSA) is 20.3 Å². The maximum Gasteiger partial charge on any atom is 0.193 e. The van der Waals surface area contributed by atoms with E-state index in [-0.39, 0.29) is 10.5 Å². The smallest absolute Gasteiger partial charge is 0.193 e. The first kappa shape index (κ1) is 19.7. The van der Waals surface area contributed by atoms with Gasteiger partial charge in [-0.1, -0.05) is 68.9 Å². The SMILES string of the molecule is CCC(=O)Sc1ccc2c(c1)[C@]1(C)CCN(CCc3ccccc3)C(C2)[C@@H]1C. The van der Waals surface area contributed by atoms with Crippen LogP contribution in [0, 0.1) is 5.92 Å². The van der Waals surface area contributed by atoms with Gasteiger partial charge in [0.25, 0.3) is 0 Å². The molecule has 1 aliphatic heterocycles. The van der Waals surface area contributed by atoms with Crippen LogP contribution < -0.4 is 0 Å². The number of hydrogen-bond donors (Lipinski definition) is 0. The third kappa shape index (κ3) is 3.67. The van der Waals surface area contributed by atoms with Gasteiger partial charge in [0, 0.05) is 23.9 Å². The highest BCUT2D eigenvalue weighted by atomic mass is 32.2. The molecule has 0 amide bonds. The average molecular weight is 394 g/mol. The van der Waals surface area contributed by atoms with Gasteiger partial charge in [-0.2, -0.15) is 0 Å². The Hall–Kier alpha value is -1.58. The summed E-state index contributed by atoms with van der Waals surface area (Å²) >= 11 is 1.40. The summed E-state index contributed by atoms with van der Waals surface area (Å²) in [5, 5.41) is 0.252. The molecule has 28 heavy (non-hydrogen) atoms. The lowest BCUT2D eigenvalue weighted by Gasteiger charge is -2.54. The molecule has 2 nitrogen and oxygen atoms in total. The maximum absolute atomic E-state index is 11.9. The van der Waals surface area contributed by atoms with Crippen molar-refractivity contribution < 1.29 is 4.79 Å². The van der Waals surface area contributed by atoms with Crippen molar-refractivity contribution in [1.82, 2.24) is 4.90 Å². The predicted octanol–water partition coefficient (Wildman–Crippen LogP) is 5.48. The number of rotatable bonds is 5. The van der Waals surface area contributed by atoms with Crippen LogP contribution in [0.4, 0.5) is 0 Å². The van der Waals surface area contributed by atoms with Crippen LogP contribution in [0.5, 0.6) is 0 Å². The van der Waals surface area contributed by atoms with Gasteiger partial charge in [0.1, 0.15) is 0 Å². The number of nitrogens with zero attached hydrogens (tertiary/aromatic N) is 1. The molecule has 1 unspecified atom stereocenters. The number of thioether (sulfide) groups is 1. The number of carbonyl (C=O) groups is 1. The van der Waals surface area contributed by atoms with Gasteiger partial charge in [0.15, 0.2) is 5.12 Å². The molecule has 1 aliphatic carbocycles. The van der Waals surface area contributed by atoms with Crippen LogP contribution in [-0.4, -0.2) is 29.1 Å². The largest absolute Gasteiger partial charge is 0.299 e. The molecule has 2 aliphatic rings. The molecule has 0 N–H and O–H groups in total. The van der Waals surface area contributed by atoms with Gasteiger partial charge in [0.05, 0.1) is 0 Å². The van der Waals surface area contributed by atoms with Crippen molar-refractivity contribution in [3.8, 4) is 0 Å². The molecule has 3 atom stereocenters. The third-order valence-corrected chi connectivity index (χ3v) is 8.15. The Morgan fingerprint density at radius 1 is 1.21 bits per heavy atom. The van der Waals surface area contributed by atoms with E-state index in [2.05, 4.69) is 67.3 Å². The van der Waals surface area contributed by atoms with Crippen LogP contribution in [0.25, 0.3) is 0 Å². The number of fused-ring (bicyclic) bond motifs is 4. The Bertz CT molecular complexity index is 849. The average Bonchev–Trinajstić information content (AvgIpc) is 2.71. The standard InChI is InChI=1S/C25H31NOS/c1-4-24(27)28-21-11-10-20-16-23-18(2)25(3,22(20)17-21)13-15-26(23)14-12-19-8-6-5-7-9-19/h5-11,17-18,23H,4,12-16H2,1-3H3/t18-,23?,25+/m0/s1. The van der Waals surface area contributed by atoms with E-state index < -0.39 is 0 Å². The van der Waals surface area contributed by atoms with E-state index in [9.17, 15) is 4.79 Å². The minimum absolute atomic E-state index is 0.216. The van der Waals surface area contributed by atoms with Crippen LogP contribution in [0.2, 0.25) is 0 Å². The fourth-order valence-electron chi connectivity index (χ4n) is 5.15. The van der Waals surface area contributed by atoms with E-state index in [1.807, 2.05) is 6.92 Å². The molecule has 1 saturated heterocycles. The fraction of sp³-hybridized carbons (Fsp3) is 0.480. The molecule has 4 rings (SSSR count). The molecule has 0 aromatic heterocycles. The summed E-state index contributed by atoms with van der Waals surface area (Å²) in [5.74, 6) is 0.631. The van der Waals surface area contributed by atoms with Crippen molar-refractivity contribution in [2.45, 2.75) is 62.8 Å². The molecular formula is C25H31NOS. The van der Waals surface area contributed by atoms with Gasteiger partial charge in [-0.05, 0) is 66.0 Å². The van der Waals surface area contributed by atoms with E-state index in [0.717, 1.165) is 24.3 Å².